The van der Waals surface area contributed by atoms with E-state index in [0.717, 1.165) is 25.7 Å². The van der Waals surface area contributed by atoms with E-state index in [0.29, 0.717) is 0 Å². The first-order valence-corrected chi connectivity index (χ1v) is 5.61. The predicted molar refractivity (Wildman–Crippen MR) is 57.7 cm³/mol. The molecule has 2 N–H and O–H groups in total. The fraction of sp³-hybridized carbons (Fsp3) is 0.600. The number of aromatic carboxylic acids is 1. The first-order valence-electron chi connectivity index (χ1n) is 5.24. The summed E-state index contributed by atoms with van der Waals surface area (Å²) in [5.74, 6) is -1.06. The Morgan fingerprint density at radius 3 is 2.56 bits per heavy atom. The summed E-state index contributed by atoms with van der Waals surface area (Å²) in [7, 11) is 0. The summed E-state index contributed by atoms with van der Waals surface area (Å²) in [6, 6.07) is 0.147. The first-order chi connectivity index (χ1) is 7.58. The van der Waals surface area contributed by atoms with Crippen LogP contribution in [0.2, 0.25) is 5.15 Å². The van der Waals surface area contributed by atoms with Crippen LogP contribution in [0.25, 0.3) is 0 Å². The molecule has 0 saturated heterocycles. The van der Waals surface area contributed by atoms with Gasteiger partial charge >= 0.3 is 5.97 Å². The molecule has 0 aromatic carbocycles. The molecule has 0 amide bonds. The van der Waals surface area contributed by atoms with Crippen LogP contribution in [0.5, 0.6) is 0 Å². The lowest BCUT2D eigenvalue weighted by Crippen LogP contribution is -2.21. The van der Waals surface area contributed by atoms with E-state index in [2.05, 4.69) is 5.10 Å². The van der Waals surface area contributed by atoms with Crippen LogP contribution in [-0.4, -0.2) is 32.1 Å². The lowest BCUT2D eigenvalue weighted by atomic mass is 9.93. The number of carboxylic acids is 1. The Labute approximate surface area is 97.6 Å². The molecule has 1 fully saturated rings. The van der Waals surface area contributed by atoms with Gasteiger partial charge in [0.1, 0.15) is 5.56 Å². The van der Waals surface area contributed by atoms with Crippen molar-refractivity contribution in [3.63, 3.8) is 0 Å². The van der Waals surface area contributed by atoms with E-state index >= 15 is 0 Å². The smallest absolute Gasteiger partial charge is 0.340 e. The molecule has 88 valence electrons. The maximum absolute atomic E-state index is 10.8. The van der Waals surface area contributed by atoms with E-state index < -0.39 is 5.97 Å². The third-order valence-corrected chi connectivity index (χ3v) is 3.24. The fourth-order valence-corrected chi connectivity index (χ4v) is 2.24. The number of aliphatic hydroxyl groups is 1. The molecule has 0 radical (unpaired) electrons. The Morgan fingerprint density at radius 2 is 2.06 bits per heavy atom. The van der Waals surface area contributed by atoms with Gasteiger partial charge in [0.15, 0.2) is 5.15 Å². The topological polar surface area (TPSA) is 75.3 Å². The molecule has 1 aromatic rings. The quantitative estimate of drug-likeness (QED) is 0.831. The third-order valence-electron chi connectivity index (χ3n) is 2.96. The lowest BCUT2D eigenvalue weighted by molar-refractivity contribution is 0.0696. The molecule has 5 nitrogen and oxygen atoms in total. The van der Waals surface area contributed by atoms with Crippen molar-refractivity contribution in [3.05, 3.63) is 16.9 Å². The number of aliphatic hydroxyl groups excluding tert-OH is 1. The Kier molecular flexibility index (Phi) is 3.16. The van der Waals surface area contributed by atoms with E-state index in [-0.39, 0.29) is 22.9 Å². The van der Waals surface area contributed by atoms with Gasteiger partial charge in [0.05, 0.1) is 12.1 Å². The van der Waals surface area contributed by atoms with Crippen molar-refractivity contribution in [3.8, 4) is 0 Å². The summed E-state index contributed by atoms with van der Waals surface area (Å²) < 4.78 is 1.61. The molecule has 1 aliphatic carbocycles. The zero-order valence-corrected chi connectivity index (χ0v) is 9.39. The van der Waals surface area contributed by atoms with Crippen molar-refractivity contribution in [2.45, 2.75) is 37.8 Å². The van der Waals surface area contributed by atoms with Gasteiger partial charge in [-0.3, -0.25) is 4.68 Å². The number of carboxylic acid groups (broad SMARTS) is 1. The molecule has 1 heterocycles. The van der Waals surface area contributed by atoms with Crippen LogP contribution in [0.4, 0.5) is 0 Å². The number of carbonyl (C=O) groups is 1. The second kappa shape index (κ2) is 4.43. The van der Waals surface area contributed by atoms with E-state index in [9.17, 15) is 9.90 Å². The molecule has 1 saturated carbocycles. The number of halogens is 1. The molecular formula is C10H13ClN2O3. The van der Waals surface area contributed by atoms with Crippen molar-refractivity contribution in [2.75, 3.05) is 0 Å². The van der Waals surface area contributed by atoms with Crippen LogP contribution in [-0.2, 0) is 0 Å². The predicted octanol–water partition coefficient (Wildman–Crippen LogP) is 1.71. The van der Waals surface area contributed by atoms with E-state index in [1.54, 1.807) is 4.68 Å². The Morgan fingerprint density at radius 1 is 1.44 bits per heavy atom. The summed E-state index contributed by atoms with van der Waals surface area (Å²) >= 11 is 5.73. The molecule has 0 bridgehead atoms. The van der Waals surface area contributed by atoms with Crippen molar-refractivity contribution >= 4 is 17.6 Å². The van der Waals surface area contributed by atoms with Crippen LogP contribution in [0.15, 0.2) is 6.20 Å². The summed E-state index contributed by atoms with van der Waals surface area (Å²) in [6.07, 6.45) is 4.29. The van der Waals surface area contributed by atoms with Crippen molar-refractivity contribution in [1.29, 1.82) is 0 Å². The summed E-state index contributed by atoms with van der Waals surface area (Å²) in [5.41, 5.74) is 0.0350. The number of aromatic nitrogens is 2. The van der Waals surface area contributed by atoms with Gasteiger partial charge in [-0.15, -0.1) is 0 Å². The SMILES string of the molecule is O=C(O)c1cn(C2CCC(O)CC2)nc1Cl. The molecule has 0 aliphatic heterocycles. The lowest BCUT2D eigenvalue weighted by Gasteiger charge is -2.25. The molecule has 0 unspecified atom stereocenters. The van der Waals surface area contributed by atoms with Gasteiger partial charge in [-0.05, 0) is 25.7 Å². The highest BCUT2D eigenvalue weighted by molar-refractivity contribution is 6.32. The average molecular weight is 245 g/mol. The Hall–Kier alpha value is -1.07. The van der Waals surface area contributed by atoms with Crippen LogP contribution in [0.1, 0.15) is 42.1 Å². The van der Waals surface area contributed by atoms with E-state index in [1.807, 2.05) is 0 Å². The molecule has 0 spiro atoms. The van der Waals surface area contributed by atoms with Crippen LogP contribution in [0, 0.1) is 0 Å². The molecular weight excluding hydrogens is 232 g/mol. The van der Waals surface area contributed by atoms with Gasteiger partial charge in [-0.2, -0.15) is 5.10 Å². The molecule has 16 heavy (non-hydrogen) atoms. The van der Waals surface area contributed by atoms with Crippen LogP contribution in [0.3, 0.4) is 0 Å². The summed E-state index contributed by atoms with van der Waals surface area (Å²) in [6.45, 7) is 0. The Balaban J connectivity index is 2.15. The molecule has 1 aromatic heterocycles. The van der Waals surface area contributed by atoms with Gasteiger partial charge in [0.25, 0.3) is 0 Å². The standard InChI is InChI=1S/C10H13ClN2O3/c11-9-8(10(15)16)5-13(12-9)6-1-3-7(14)4-2-6/h5-7,14H,1-4H2,(H,15,16). The Bertz CT molecular complexity index is 397. The maximum atomic E-state index is 10.8. The highest BCUT2D eigenvalue weighted by Crippen LogP contribution is 2.29. The minimum atomic E-state index is -1.06. The van der Waals surface area contributed by atoms with Crippen LogP contribution < -0.4 is 0 Å². The normalized spacial score (nSPS) is 25.6. The third kappa shape index (κ3) is 2.20. The maximum Gasteiger partial charge on any atom is 0.340 e. The monoisotopic (exact) mass is 244 g/mol. The minimum absolute atomic E-state index is 0.0265. The van der Waals surface area contributed by atoms with Gasteiger partial charge in [0.2, 0.25) is 0 Å². The second-order valence-electron chi connectivity index (χ2n) is 4.08. The number of hydrogen-bond acceptors (Lipinski definition) is 3. The summed E-state index contributed by atoms with van der Waals surface area (Å²) in [5, 5.41) is 22.2. The van der Waals surface area contributed by atoms with Gasteiger partial charge in [-0.25, -0.2) is 4.79 Å². The number of hydrogen-bond donors (Lipinski definition) is 2. The average Bonchev–Trinajstić information content (AvgIpc) is 2.61. The van der Waals surface area contributed by atoms with E-state index in [1.165, 1.54) is 6.20 Å². The largest absolute Gasteiger partial charge is 0.478 e. The highest BCUT2D eigenvalue weighted by atomic mass is 35.5. The first kappa shape index (κ1) is 11.4. The number of nitrogens with zero attached hydrogens (tertiary/aromatic N) is 2. The summed E-state index contributed by atoms with van der Waals surface area (Å²) in [4.78, 5) is 10.8. The van der Waals surface area contributed by atoms with Crippen molar-refractivity contribution in [2.24, 2.45) is 0 Å². The number of rotatable bonds is 2. The highest BCUT2D eigenvalue weighted by Gasteiger charge is 2.23. The van der Waals surface area contributed by atoms with Crippen molar-refractivity contribution in [1.82, 2.24) is 9.78 Å². The van der Waals surface area contributed by atoms with Gasteiger partial charge in [0, 0.05) is 6.20 Å². The van der Waals surface area contributed by atoms with Gasteiger partial charge in [-0.1, -0.05) is 11.6 Å². The molecule has 0 atom stereocenters. The van der Waals surface area contributed by atoms with E-state index in [4.69, 9.17) is 16.7 Å². The molecule has 2 rings (SSSR count). The zero-order valence-electron chi connectivity index (χ0n) is 8.64. The second-order valence-corrected chi connectivity index (χ2v) is 4.44. The van der Waals surface area contributed by atoms with Crippen LogP contribution >= 0.6 is 11.6 Å². The molecule has 1 aliphatic rings. The zero-order chi connectivity index (χ0) is 11.7. The minimum Gasteiger partial charge on any atom is -0.478 e. The molecule has 6 heteroatoms. The van der Waals surface area contributed by atoms with Crippen molar-refractivity contribution < 1.29 is 15.0 Å². The fourth-order valence-electron chi connectivity index (χ4n) is 2.02. The van der Waals surface area contributed by atoms with Gasteiger partial charge < -0.3 is 10.2 Å².